The number of nitrogens with one attached hydrogen (secondary N) is 1. The summed E-state index contributed by atoms with van der Waals surface area (Å²) in [5.41, 5.74) is 2.47. The molecular formula is C35H37BrClN3O4S. The van der Waals surface area contributed by atoms with Crippen molar-refractivity contribution in [3.8, 4) is 0 Å². The Morgan fingerprint density at radius 1 is 0.867 bits per heavy atom. The van der Waals surface area contributed by atoms with Gasteiger partial charge in [0, 0.05) is 29.0 Å². The molecule has 0 aromatic heterocycles. The minimum absolute atomic E-state index is 0.0368. The summed E-state index contributed by atoms with van der Waals surface area (Å²) in [5.74, 6) is -0.822. The van der Waals surface area contributed by atoms with Gasteiger partial charge in [0.2, 0.25) is 11.8 Å². The summed E-state index contributed by atoms with van der Waals surface area (Å²) < 4.78 is 30.3. The fourth-order valence-electron chi connectivity index (χ4n) is 4.95. The molecule has 1 atom stereocenters. The summed E-state index contributed by atoms with van der Waals surface area (Å²) >= 11 is 9.90. The van der Waals surface area contributed by atoms with Crippen molar-refractivity contribution < 1.29 is 18.0 Å². The molecule has 0 radical (unpaired) electrons. The van der Waals surface area contributed by atoms with Crippen LogP contribution in [0.25, 0.3) is 0 Å². The number of amides is 2. The van der Waals surface area contributed by atoms with Crippen LogP contribution < -0.4 is 9.62 Å². The van der Waals surface area contributed by atoms with Crippen LogP contribution in [0.1, 0.15) is 36.5 Å². The second-order valence-corrected chi connectivity index (χ2v) is 13.9. The molecule has 4 aromatic rings. The van der Waals surface area contributed by atoms with Crippen LogP contribution in [0.5, 0.6) is 0 Å². The molecule has 2 amide bonds. The van der Waals surface area contributed by atoms with Crippen LogP contribution in [0, 0.1) is 6.92 Å². The molecule has 4 aromatic carbocycles. The molecule has 236 valence electrons. The first-order valence-electron chi connectivity index (χ1n) is 14.8. The molecule has 0 fully saturated rings. The number of hydrogen-bond acceptors (Lipinski definition) is 4. The summed E-state index contributed by atoms with van der Waals surface area (Å²) in [5, 5.41) is 3.37. The van der Waals surface area contributed by atoms with Crippen molar-refractivity contribution in [3.05, 3.63) is 129 Å². The van der Waals surface area contributed by atoms with Gasteiger partial charge in [-0.3, -0.25) is 13.9 Å². The normalized spacial score (nSPS) is 11.9. The molecule has 7 nitrogen and oxygen atoms in total. The average molecular weight is 711 g/mol. The maximum atomic E-state index is 14.5. The molecule has 0 spiro atoms. The van der Waals surface area contributed by atoms with E-state index < -0.39 is 28.5 Å². The van der Waals surface area contributed by atoms with Gasteiger partial charge in [0.25, 0.3) is 10.0 Å². The van der Waals surface area contributed by atoms with E-state index in [0.717, 1.165) is 32.7 Å². The first-order valence-corrected chi connectivity index (χ1v) is 17.4. The number of carbonyl (C=O) groups excluding carboxylic acids is 2. The molecule has 0 aliphatic carbocycles. The van der Waals surface area contributed by atoms with Gasteiger partial charge in [-0.05, 0) is 66.4 Å². The van der Waals surface area contributed by atoms with Crippen LogP contribution >= 0.6 is 27.5 Å². The quantitative estimate of drug-likeness (QED) is 0.141. The molecular weight excluding hydrogens is 674 g/mol. The van der Waals surface area contributed by atoms with Gasteiger partial charge in [-0.2, -0.15) is 0 Å². The van der Waals surface area contributed by atoms with Crippen LogP contribution in [0.3, 0.4) is 0 Å². The standard InChI is InChI=1S/C35H37BrClN3O4S/c1-3-4-22-38-35(42)33(23-27-12-7-5-8-13-27)39(24-28-18-20-29(36)21-19-28)34(41)25-40(32-17-11-16-31(37)26(32)2)45(43,44)30-14-9-6-10-15-30/h5-21,33H,3-4,22-25H2,1-2H3,(H,38,42). The van der Waals surface area contributed by atoms with Gasteiger partial charge < -0.3 is 10.2 Å². The van der Waals surface area contributed by atoms with E-state index in [9.17, 15) is 18.0 Å². The number of unbranched alkanes of at least 4 members (excludes halogenated alkanes) is 1. The zero-order chi connectivity index (χ0) is 32.4. The number of sulfonamides is 1. The number of nitrogens with zero attached hydrogens (tertiary/aromatic N) is 2. The Morgan fingerprint density at radius 3 is 2.16 bits per heavy atom. The topological polar surface area (TPSA) is 86.8 Å². The number of benzene rings is 4. The van der Waals surface area contributed by atoms with Gasteiger partial charge in [-0.15, -0.1) is 0 Å². The van der Waals surface area contributed by atoms with Crippen molar-refractivity contribution in [1.82, 2.24) is 10.2 Å². The van der Waals surface area contributed by atoms with Crippen molar-refractivity contribution in [2.24, 2.45) is 0 Å². The van der Waals surface area contributed by atoms with Crippen molar-refractivity contribution >= 4 is 55.1 Å². The van der Waals surface area contributed by atoms with E-state index in [1.165, 1.54) is 17.0 Å². The molecule has 10 heteroatoms. The van der Waals surface area contributed by atoms with E-state index in [1.807, 2.05) is 61.5 Å². The maximum absolute atomic E-state index is 14.5. The average Bonchev–Trinajstić information content (AvgIpc) is 3.04. The van der Waals surface area contributed by atoms with E-state index in [1.54, 1.807) is 43.3 Å². The number of rotatable bonds is 14. The molecule has 4 rings (SSSR count). The Bertz CT molecular complexity index is 1690. The summed E-state index contributed by atoms with van der Waals surface area (Å²) in [6.45, 7) is 3.78. The Kier molecular flexibility index (Phi) is 12.2. The molecule has 0 saturated heterocycles. The molecule has 0 aliphatic heterocycles. The highest BCUT2D eigenvalue weighted by atomic mass is 79.9. The monoisotopic (exact) mass is 709 g/mol. The zero-order valence-electron chi connectivity index (χ0n) is 25.3. The summed E-state index contributed by atoms with van der Waals surface area (Å²) in [6.07, 6.45) is 1.95. The third-order valence-electron chi connectivity index (χ3n) is 7.48. The van der Waals surface area contributed by atoms with Crippen LogP contribution in [-0.2, 0) is 32.6 Å². The number of halogens is 2. The van der Waals surface area contributed by atoms with Crippen molar-refractivity contribution in [3.63, 3.8) is 0 Å². The lowest BCUT2D eigenvalue weighted by molar-refractivity contribution is -0.140. The third kappa shape index (κ3) is 8.96. The Balaban J connectivity index is 1.81. The second-order valence-electron chi connectivity index (χ2n) is 10.7. The first kappa shape index (κ1) is 34.2. The van der Waals surface area contributed by atoms with Crippen LogP contribution in [-0.4, -0.2) is 44.3 Å². The Labute approximate surface area is 279 Å². The van der Waals surface area contributed by atoms with Gasteiger partial charge >= 0.3 is 0 Å². The van der Waals surface area contributed by atoms with E-state index in [0.29, 0.717) is 17.1 Å². The molecule has 45 heavy (non-hydrogen) atoms. The lowest BCUT2D eigenvalue weighted by Crippen LogP contribution is -2.53. The first-order chi connectivity index (χ1) is 21.6. The maximum Gasteiger partial charge on any atom is 0.264 e. The van der Waals surface area contributed by atoms with E-state index in [2.05, 4.69) is 21.2 Å². The smallest absolute Gasteiger partial charge is 0.264 e. The highest BCUT2D eigenvalue weighted by Crippen LogP contribution is 2.31. The summed E-state index contributed by atoms with van der Waals surface area (Å²) in [4.78, 5) is 29.9. The van der Waals surface area contributed by atoms with Gasteiger partial charge in [0.05, 0.1) is 10.6 Å². The van der Waals surface area contributed by atoms with E-state index >= 15 is 0 Å². The van der Waals surface area contributed by atoms with Gasteiger partial charge in [-0.1, -0.05) is 108 Å². The minimum Gasteiger partial charge on any atom is -0.354 e. The van der Waals surface area contributed by atoms with Crippen molar-refractivity contribution in [2.75, 3.05) is 17.4 Å². The summed E-state index contributed by atoms with van der Waals surface area (Å²) in [7, 11) is -4.20. The molecule has 0 heterocycles. The molecule has 0 saturated carbocycles. The van der Waals surface area contributed by atoms with Gasteiger partial charge in [0.1, 0.15) is 12.6 Å². The Hall–Kier alpha value is -3.66. The number of hydrogen-bond donors (Lipinski definition) is 1. The van der Waals surface area contributed by atoms with Gasteiger partial charge in [0.15, 0.2) is 0 Å². The van der Waals surface area contributed by atoms with Crippen LogP contribution in [0.2, 0.25) is 5.02 Å². The van der Waals surface area contributed by atoms with Crippen molar-refractivity contribution in [1.29, 1.82) is 0 Å². The predicted octanol–water partition coefficient (Wildman–Crippen LogP) is 7.16. The number of carbonyl (C=O) groups is 2. The zero-order valence-corrected chi connectivity index (χ0v) is 28.5. The second kappa shape index (κ2) is 16.1. The van der Waals surface area contributed by atoms with E-state index in [-0.39, 0.29) is 29.5 Å². The third-order valence-corrected chi connectivity index (χ3v) is 10.2. The molecule has 1 unspecified atom stereocenters. The molecule has 0 aliphatic rings. The lowest BCUT2D eigenvalue weighted by Gasteiger charge is -2.34. The largest absolute Gasteiger partial charge is 0.354 e. The Morgan fingerprint density at radius 2 is 1.51 bits per heavy atom. The van der Waals surface area contributed by atoms with Crippen LogP contribution in [0.4, 0.5) is 5.69 Å². The summed E-state index contributed by atoms with van der Waals surface area (Å²) in [6, 6.07) is 29.0. The SMILES string of the molecule is CCCCNC(=O)C(Cc1ccccc1)N(Cc1ccc(Br)cc1)C(=O)CN(c1cccc(Cl)c1C)S(=O)(=O)c1ccccc1. The molecule has 1 N–H and O–H groups in total. The predicted molar refractivity (Wildman–Crippen MR) is 184 cm³/mol. The van der Waals surface area contributed by atoms with Gasteiger partial charge in [-0.25, -0.2) is 8.42 Å². The molecule has 0 bridgehead atoms. The highest BCUT2D eigenvalue weighted by Gasteiger charge is 2.35. The highest BCUT2D eigenvalue weighted by molar-refractivity contribution is 9.10. The lowest BCUT2D eigenvalue weighted by atomic mass is 10.0. The fraction of sp³-hybridized carbons (Fsp3) is 0.257. The number of anilines is 1. The van der Waals surface area contributed by atoms with E-state index in [4.69, 9.17) is 11.6 Å². The fourth-order valence-corrected chi connectivity index (χ4v) is 6.87. The minimum atomic E-state index is -4.20. The van der Waals surface area contributed by atoms with Crippen molar-refractivity contribution in [2.45, 2.75) is 50.6 Å². The van der Waals surface area contributed by atoms with Crippen LogP contribution in [0.15, 0.2) is 112 Å².